The van der Waals surface area contributed by atoms with Crippen LogP contribution < -0.4 is 5.32 Å². The Balaban J connectivity index is 2.03. The van der Waals surface area contributed by atoms with Gasteiger partial charge in [0, 0.05) is 6.54 Å². The van der Waals surface area contributed by atoms with Crippen molar-refractivity contribution >= 4 is 32.3 Å². The van der Waals surface area contributed by atoms with E-state index in [1.807, 2.05) is 0 Å². The lowest BCUT2D eigenvalue weighted by molar-refractivity contribution is 0.0605. The van der Waals surface area contributed by atoms with Crippen molar-refractivity contribution in [2.45, 2.75) is 25.0 Å². The summed E-state index contributed by atoms with van der Waals surface area (Å²) in [6, 6.07) is 0. The molecular weight excluding hydrogens is 288 g/mol. The lowest BCUT2D eigenvalue weighted by Gasteiger charge is -2.09. The molecule has 2 rings (SSSR count). The summed E-state index contributed by atoms with van der Waals surface area (Å²) in [7, 11) is -1.64. The highest BCUT2D eigenvalue weighted by atomic mass is 32.2. The lowest BCUT2D eigenvalue weighted by atomic mass is 10.2. The number of esters is 1. The van der Waals surface area contributed by atoms with Gasteiger partial charge in [0.2, 0.25) is 0 Å². The largest absolute Gasteiger partial charge is 0.465 e. The van der Waals surface area contributed by atoms with Gasteiger partial charge in [0.1, 0.15) is 4.88 Å². The number of aromatic nitrogens is 1. The van der Waals surface area contributed by atoms with E-state index >= 15 is 0 Å². The van der Waals surface area contributed by atoms with Gasteiger partial charge in [-0.3, -0.25) is 0 Å². The van der Waals surface area contributed by atoms with Gasteiger partial charge in [0.25, 0.3) is 0 Å². The summed E-state index contributed by atoms with van der Waals surface area (Å²) in [5.74, 6) is -0.152. The molecule has 1 unspecified atom stereocenters. The van der Waals surface area contributed by atoms with Crippen molar-refractivity contribution in [3.63, 3.8) is 0 Å². The Bertz CT molecular complexity index is 580. The van der Waals surface area contributed by atoms with E-state index in [4.69, 9.17) is 0 Å². The van der Waals surface area contributed by atoms with E-state index in [1.165, 1.54) is 18.4 Å². The van der Waals surface area contributed by atoms with E-state index in [2.05, 4.69) is 15.0 Å². The predicted octanol–water partition coefficient (Wildman–Crippen LogP) is 1.23. The zero-order valence-corrected chi connectivity index (χ0v) is 12.4. The second-order valence-corrected chi connectivity index (χ2v) is 7.84. The number of sulfone groups is 1. The number of rotatable bonds is 4. The minimum atomic E-state index is -2.96. The van der Waals surface area contributed by atoms with Crippen LogP contribution in [0.25, 0.3) is 0 Å². The smallest absolute Gasteiger partial charge is 0.350 e. The second kappa shape index (κ2) is 5.46. The predicted molar refractivity (Wildman–Crippen MR) is 73.5 cm³/mol. The molecule has 1 aliphatic rings. The first-order chi connectivity index (χ1) is 8.94. The molecular formula is C11H16N2O4S2. The summed E-state index contributed by atoms with van der Waals surface area (Å²) in [5.41, 5.74) is 0.591. The number of hydrogen-bond acceptors (Lipinski definition) is 7. The van der Waals surface area contributed by atoms with Crippen LogP contribution in [0, 0.1) is 6.92 Å². The number of ether oxygens (including phenoxy) is 1. The van der Waals surface area contributed by atoms with E-state index in [-0.39, 0.29) is 11.0 Å². The summed E-state index contributed by atoms with van der Waals surface area (Å²) < 4.78 is 28.0. The minimum absolute atomic E-state index is 0.268. The van der Waals surface area contributed by atoms with Crippen molar-refractivity contribution in [2.24, 2.45) is 0 Å². The fourth-order valence-corrected chi connectivity index (χ4v) is 4.70. The van der Waals surface area contributed by atoms with Crippen molar-refractivity contribution in [2.75, 3.05) is 24.7 Å². The molecule has 8 heteroatoms. The number of anilines is 1. The van der Waals surface area contributed by atoms with Gasteiger partial charge in [-0.15, -0.1) is 0 Å². The number of thiazole rings is 1. The van der Waals surface area contributed by atoms with Gasteiger partial charge in [-0.05, 0) is 19.8 Å². The second-order valence-electron chi connectivity index (χ2n) is 4.44. The fraction of sp³-hybridized carbons (Fsp3) is 0.636. The number of methoxy groups -OCH3 is 1. The number of carbonyl (C=O) groups is 1. The molecule has 0 saturated carbocycles. The van der Waals surface area contributed by atoms with E-state index in [0.717, 1.165) is 6.42 Å². The Morgan fingerprint density at radius 1 is 1.58 bits per heavy atom. The molecule has 1 aromatic heterocycles. The molecule has 6 nitrogen and oxygen atoms in total. The summed E-state index contributed by atoms with van der Waals surface area (Å²) in [4.78, 5) is 16.1. The maximum Gasteiger partial charge on any atom is 0.350 e. The number of carbonyl (C=O) groups excluding carboxylic acids is 1. The van der Waals surface area contributed by atoms with Gasteiger partial charge in [0.05, 0.1) is 23.8 Å². The van der Waals surface area contributed by atoms with Crippen LogP contribution in [0.2, 0.25) is 0 Å². The van der Waals surface area contributed by atoms with E-state index < -0.39 is 15.8 Å². The highest BCUT2D eigenvalue weighted by molar-refractivity contribution is 7.92. The molecule has 0 aromatic carbocycles. The SMILES string of the molecule is COC(=O)c1sc(NCC2CCCS2(=O)=O)nc1C. The molecule has 1 saturated heterocycles. The van der Waals surface area contributed by atoms with Crippen LogP contribution in [0.3, 0.4) is 0 Å². The maximum absolute atomic E-state index is 11.7. The molecule has 0 amide bonds. The molecule has 1 N–H and O–H groups in total. The number of aryl methyl sites for hydroxylation is 1. The Labute approximate surface area is 116 Å². The third kappa shape index (κ3) is 3.06. The third-order valence-corrected chi connectivity index (χ3v) is 6.48. The topological polar surface area (TPSA) is 85.4 Å². The summed E-state index contributed by atoms with van der Waals surface area (Å²) in [6.45, 7) is 2.07. The van der Waals surface area contributed by atoms with Gasteiger partial charge in [-0.2, -0.15) is 0 Å². The van der Waals surface area contributed by atoms with Gasteiger partial charge < -0.3 is 10.1 Å². The van der Waals surface area contributed by atoms with Crippen molar-refractivity contribution in [1.29, 1.82) is 0 Å². The number of nitrogens with one attached hydrogen (secondary N) is 1. The molecule has 106 valence electrons. The average Bonchev–Trinajstić information content (AvgIpc) is 2.88. The van der Waals surface area contributed by atoms with E-state index in [0.29, 0.717) is 28.7 Å². The van der Waals surface area contributed by atoms with Crippen LogP contribution >= 0.6 is 11.3 Å². The summed E-state index contributed by atoms with van der Waals surface area (Å²) >= 11 is 1.18. The van der Waals surface area contributed by atoms with Gasteiger partial charge in [0.15, 0.2) is 15.0 Å². The molecule has 1 aromatic rings. The molecule has 0 aliphatic carbocycles. The zero-order chi connectivity index (χ0) is 14.0. The van der Waals surface area contributed by atoms with Crippen molar-refractivity contribution < 1.29 is 17.9 Å². The molecule has 0 spiro atoms. The Hall–Kier alpha value is -1.15. The fourth-order valence-electron chi connectivity index (χ4n) is 2.04. The van der Waals surface area contributed by atoms with Crippen LogP contribution in [0.1, 0.15) is 28.2 Å². The Morgan fingerprint density at radius 3 is 2.89 bits per heavy atom. The molecule has 19 heavy (non-hydrogen) atoms. The Kier molecular flexibility index (Phi) is 4.10. The standard InChI is InChI=1S/C11H16N2O4S2/c1-7-9(10(14)17-2)18-11(13-7)12-6-8-4-3-5-19(8,15)16/h8H,3-6H2,1-2H3,(H,12,13). The highest BCUT2D eigenvalue weighted by Crippen LogP contribution is 2.25. The van der Waals surface area contributed by atoms with Gasteiger partial charge in [-0.25, -0.2) is 18.2 Å². The van der Waals surface area contributed by atoms with Gasteiger partial charge >= 0.3 is 5.97 Å². The average molecular weight is 304 g/mol. The first-order valence-corrected chi connectivity index (χ1v) is 8.48. The van der Waals surface area contributed by atoms with Crippen LogP contribution in [0.4, 0.5) is 5.13 Å². The van der Waals surface area contributed by atoms with Crippen LogP contribution in [0.15, 0.2) is 0 Å². The lowest BCUT2D eigenvalue weighted by Crippen LogP contribution is -2.24. The van der Waals surface area contributed by atoms with Crippen LogP contribution in [-0.4, -0.2) is 44.0 Å². The zero-order valence-electron chi connectivity index (χ0n) is 10.8. The molecule has 1 fully saturated rings. The molecule has 1 aliphatic heterocycles. The first-order valence-electron chi connectivity index (χ1n) is 5.95. The summed E-state index contributed by atoms with van der Waals surface area (Å²) in [5, 5.41) is 3.21. The van der Waals surface area contributed by atoms with Crippen LogP contribution in [0.5, 0.6) is 0 Å². The first kappa shape index (κ1) is 14.3. The molecule has 0 bridgehead atoms. The maximum atomic E-state index is 11.7. The molecule has 0 radical (unpaired) electrons. The van der Waals surface area contributed by atoms with Gasteiger partial charge in [-0.1, -0.05) is 11.3 Å². The van der Waals surface area contributed by atoms with E-state index in [9.17, 15) is 13.2 Å². The normalized spacial score (nSPS) is 21.3. The monoisotopic (exact) mass is 304 g/mol. The van der Waals surface area contributed by atoms with Crippen molar-refractivity contribution in [1.82, 2.24) is 4.98 Å². The minimum Gasteiger partial charge on any atom is -0.465 e. The number of hydrogen-bond donors (Lipinski definition) is 1. The van der Waals surface area contributed by atoms with Crippen molar-refractivity contribution in [3.8, 4) is 0 Å². The highest BCUT2D eigenvalue weighted by Gasteiger charge is 2.31. The third-order valence-electron chi connectivity index (χ3n) is 3.11. The summed E-state index contributed by atoms with van der Waals surface area (Å²) in [6.07, 6.45) is 1.41. The quantitative estimate of drug-likeness (QED) is 0.842. The molecule has 2 heterocycles. The van der Waals surface area contributed by atoms with E-state index in [1.54, 1.807) is 6.92 Å². The molecule has 1 atom stereocenters. The van der Waals surface area contributed by atoms with Crippen LogP contribution in [-0.2, 0) is 14.6 Å². The Morgan fingerprint density at radius 2 is 2.32 bits per heavy atom. The van der Waals surface area contributed by atoms with Crippen molar-refractivity contribution in [3.05, 3.63) is 10.6 Å². The number of nitrogens with zero attached hydrogens (tertiary/aromatic N) is 1.